The summed E-state index contributed by atoms with van der Waals surface area (Å²) in [4.78, 5) is 49.6. The van der Waals surface area contributed by atoms with E-state index in [1.165, 1.54) is 36.8 Å². The van der Waals surface area contributed by atoms with Crippen LogP contribution in [0.15, 0.2) is 53.4 Å². The van der Waals surface area contributed by atoms with Gasteiger partial charge in [-0.2, -0.15) is 0 Å². The maximum absolute atomic E-state index is 12.9. The van der Waals surface area contributed by atoms with Gasteiger partial charge in [0.05, 0.1) is 4.92 Å². The number of rotatable bonds is 8. The number of hydrogen-bond acceptors (Lipinski definition) is 6. The third-order valence-electron chi connectivity index (χ3n) is 4.95. The molecule has 0 radical (unpaired) electrons. The predicted octanol–water partition coefficient (Wildman–Crippen LogP) is 2.58. The van der Waals surface area contributed by atoms with Gasteiger partial charge in [0.25, 0.3) is 11.6 Å². The molecule has 0 aromatic heterocycles. The Kier molecular flexibility index (Phi) is 6.59. The van der Waals surface area contributed by atoms with Crippen LogP contribution in [-0.2, 0) is 15.1 Å². The van der Waals surface area contributed by atoms with Crippen molar-refractivity contribution in [3.63, 3.8) is 0 Å². The van der Waals surface area contributed by atoms with Crippen molar-refractivity contribution in [2.45, 2.75) is 24.3 Å². The number of carbonyl (C=O) groups is 3. The standard InChI is InChI=1S/C21H22N4O5S/c1-14-3-9-17(10-4-14)31-12-11-22-18(26)13-24-19(27)21(2,23-20(24)28)15-5-7-16(8-6-15)25(29)30/h3-10H,11-13H2,1-2H3,(H,22,26)(H,23,28). The number of hydrogen-bond donors (Lipinski definition) is 2. The highest BCUT2D eigenvalue weighted by Crippen LogP contribution is 2.29. The van der Waals surface area contributed by atoms with Gasteiger partial charge in [0, 0.05) is 29.3 Å². The molecule has 1 fully saturated rings. The number of thioether (sulfide) groups is 1. The summed E-state index contributed by atoms with van der Waals surface area (Å²) >= 11 is 1.59. The van der Waals surface area contributed by atoms with Crippen LogP contribution in [0.4, 0.5) is 10.5 Å². The first-order valence-electron chi connectivity index (χ1n) is 9.56. The SMILES string of the molecule is Cc1ccc(SCCNC(=O)CN2C(=O)NC(C)(c3ccc([N+](=O)[O-])cc3)C2=O)cc1. The fourth-order valence-electron chi connectivity index (χ4n) is 3.15. The maximum atomic E-state index is 12.9. The average Bonchev–Trinajstić information content (AvgIpc) is 2.96. The molecule has 1 aliphatic heterocycles. The zero-order valence-electron chi connectivity index (χ0n) is 17.1. The molecule has 1 unspecified atom stereocenters. The van der Waals surface area contributed by atoms with E-state index in [1.54, 1.807) is 11.8 Å². The van der Waals surface area contributed by atoms with E-state index < -0.39 is 34.9 Å². The Morgan fingerprint density at radius 2 is 1.81 bits per heavy atom. The van der Waals surface area contributed by atoms with Crippen LogP contribution in [0, 0.1) is 17.0 Å². The van der Waals surface area contributed by atoms with Crippen molar-refractivity contribution in [2.24, 2.45) is 0 Å². The number of nitro groups is 1. The van der Waals surface area contributed by atoms with Crippen LogP contribution in [0.3, 0.4) is 0 Å². The van der Waals surface area contributed by atoms with Gasteiger partial charge in [0.1, 0.15) is 12.1 Å². The number of nitro benzene ring substituents is 1. The van der Waals surface area contributed by atoms with E-state index in [4.69, 9.17) is 0 Å². The molecule has 3 rings (SSSR count). The Labute approximate surface area is 183 Å². The summed E-state index contributed by atoms with van der Waals surface area (Å²) < 4.78 is 0. The van der Waals surface area contributed by atoms with Gasteiger partial charge in [-0.1, -0.05) is 17.7 Å². The molecule has 2 aromatic rings. The summed E-state index contributed by atoms with van der Waals surface area (Å²) in [5.74, 6) is -0.383. The van der Waals surface area contributed by atoms with E-state index in [1.807, 2.05) is 31.2 Å². The molecule has 9 nitrogen and oxygen atoms in total. The number of carbonyl (C=O) groups excluding carboxylic acids is 3. The molecule has 2 aromatic carbocycles. The topological polar surface area (TPSA) is 122 Å². The molecule has 1 atom stereocenters. The fraction of sp³-hybridized carbons (Fsp3) is 0.286. The molecule has 162 valence electrons. The zero-order chi connectivity index (χ0) is 22.6. The highest BCUT2D eigenvalue weighted by Gasteiger charge is 2.49. The zero-order valence-corrected chi connectivity index (χ0v) is 17.9. The lowest BCUT2D eigenvalue weighted by molar-refractivity contribution is -0.384. The van der Waals surface area contributed by atoms with Crippen molar-refractivity contribution in [1.82, 2.24) is 15.5 Å². The Bertz CT molecular complexity index is 1010. The van der Waals surface area contributed by atoms with Crippen molar-refractivity contribution in [3.05, 3.63) is 69.8 Å². The van der Waals surface area contributed by atoms with Crippen molar-refractivity contribution in [2.75, 3.05) is 18.8 Å². The smallest absolute Gasteiger partial charge is 0.325 e. The molecule has 2 N–H and O–H groups in total. The van der Waals surface area contributed by atoms with Gasteiger partial charge in [-0.05, 0) is 43.7 Å². The minimum absolute atomic E-state index is 0.121. The molecule has 1 aliphatic rings. The van der Waals surface area contributed by atoms with Crippen LogP contribution in [0.1, 0.15) is 18.1 Å². The lowest BCUT2D eigenvalue weighted by Crippen LogP contribution is -2.43. The van der Waals surface area contributed by atoms with E-state index in [9.17, 15) is 24.5 Å². The molecule has 1 saturated heterocycles. The van der Waals surface area contributed by atoms with E-state index >= 15 is 0 Å². The molecule has 0 bridgehead atoms. The number of imide groups is 1. The van der Waals surface area contributed by atoms with E-state index in [0.717, 1.165) is 9.80 Å². The minimum Gasteiger partial charge on any atom is -0.354 e. The summed E-state index contributed by atoms with van der Waals surface area (Å²) in [6.45, 7) is 3.50. The molecule has 0 spiro atoms. The van der Waals surface area contributed by atoms with E-state index in [0.29, 0.717) is 17.9 Å². The Morgan fingerprint density at radius 1 is 1.16 bits per heavy atom. The van der Waals surface area contributed by atoms with E-state index in [2.05, 4.69) is 10.6 Å². The molecule has 10 heteroatoms. The molecule has 31 heavy (non-hydrogen) atoms. The van der Waals surface area contributed by atoms with Gasteiger partial charge in [-0.25, -0.2) is 4.79 Å². The highest BCUT2D eigenvalue weighted by molar-refractivity contribution is 7.99. The van der Waals surface area contributed by atoms with Crippen LogP contribution < -0.4 is 10.6 Å². The first kappa shape index (κ1) is 22.3. The normalized spacial score (nSPS) is 18.1. The van der Waals surface area contributed by atoms with Crippen molar-refractivity contribution in [1.29, 1.82) is 0 Å². The summed E-state index contributed by atoms with van der Waals surface area (Å²) in [5, 5.41) is 16.1. The van der Waals surface area contributed by atoms with Crippen molar-refractivity contribution >= 4 is 35.3 Å². The van der Waals surface area contributed by atoms with Gasteiger partial charge < -0.3 is 10.6 Å². The highest BCUT2D eigenvalue weighted by atomic mass is 32.2. The number of nitrogens with zero attached hydrogens (tertiary/aromatic N) is 2. The summed E-state index contributed by atoms with van der Waals surface area (Å²) in [7, 11) is 0. The van der Waals surface area contributed by atoms with Crippen LogP contribution in [0.2, 0.25) is 0 Å². The van der Waals surface area contributed by atoms with E-state index in [-0.39, 0.29) is 5.69 Å². The summed E-state index contributed by atoms with van der Waals surface area (Å²) in [6, 6.07) is 12.7. The van der Waals surface area contributed by atoms with Crippen LogP contribution in [0.25, 0.3) is 0 Å². The van der Waals surface area contributed by atoms with Gasteiger partial charge in [-0.3, -0.25) is 24.6 Å². The van der Waals surface area contributed by atoms with Gasteiger partial charge >= 0.3 is 6.03 Å². The Morgan fingerprint density at radius 3 is 2.42 bits per heavy atom. The van der Waals surface area contributed by atoms with Gasteiger partial charge in [0.15, 0.2) is 0 Å². The number of urea groups is 1. The van der Waals surface area contributed by atoms with Crippen molar-refractivity contribution in [3.8, 4) is 0 Å². The Balaban J connectivity index is 1.54. The largest absolute Gasteiger partial charge is 0.354 e. The molecule has 0 saturated carbocycles. The second-order valence-electron chi connectivity index (χ2n) is 7.26. The third kappa shape index (κ3) is 5.02. The second-order valence-corrected chi connectivity index (χ2v) is 8.43. The monoisotopic (exact) mass is 442 g/mol. The van der Waals surface area contributed by atoms with Crippen LogP contribution in [0.5, 0.6) is 0 Å². The first-order valence-corrected chi connectivity index (χ1v) is 10.5. The molecular formula is C21H22N4O5S. The summed E-state index contributed by atoms with van der Waals surface area (Å²) in [5.41, 5.74) is 0.0537. The molecule has 0 aliphatic carbocycles. The minimum atomic E-state index is -1.40. The van der Waals surface area contributed by atoms with Gasteiger partial charge in [0.2, 0.25) is 5.91 Å². The Hall–Kier alpha value is -3.40. The average molecular weight is 442 g/mol. The fourth-order valence-corrected chi connectivity index (χ4v) is 3.91. The quantitative estimate of drug-likeness (QED) is 0.213. The second kappa shape index (κ2) is 9.17. The first-order chi connectivity index (χ1) is 14.7. The van der Waals surface area contributed by atoms with Crippen molar-refractivity contribution < 1.29 is 19.3 Å². The lowest BCUT2D eigenvalue weighted by Gasteiger charge is -2.22. The number of non-ortho nitro benzene ring substituents is 1. The molecular weight excluding hydrogens is 420 g/mol. The van der Waals surface area contributed by atoms with Crippen LogP contribution >= 0.6 is 11.8 Å². The number of amides is 4. The summed E-state index contributed by atoms with van der Waals surface area (Å²) in [6.07, 6.45) is 0. The predicted molar refractivity (Wildman–Crippen MR) is 116 cm³/mol. The molecule has 1 heterocycles. The number of benzene rings is 2. The van der Waals surface area contributed by atoms with Gasteiger partial charge in [-0.15, -0.1) is 11.8 Å². The maximum Gasteiger partial charge on any atom is 0.325 e. The lowest BCUT2D eigenvalue weighted by atomic mass is 9.92. The number of nitrogens with one attached hydrogen (secondary N) is 2. The van der Waals surface area contributed by atoms with Crippen LogP contribution in [-0.4, -0.2) is 46.5 Å². The molecule has 4 amide bonds. The number of aryl methyl sites for hydroxylation is 1. The third-order valence-corrected chi connectivity index (χ3v) is 5.96.